The molecule has 0 unspecified atom stereocenters. The second-order valence-electron chi connectivity index (χ2n) is 3.09. The van der Waals surface area contributed by atoms with E-state index in [9.17, 15) is 5.11 Å². The number of nitrogens with zero attached hydrogens (tertiary/aromatic N) is 2. The van der Waals surface area contributed by atoms with Crippen LogP contribution in [0.1, 0.15) is 19.8 Å². The minimum Gasteiger partial charge on any atom is -0.390 e. The van der Waals surface area contributed by atoms with Crippen molar-refractivity contribution in [2.24, 2.45) is 5.10 Å². The van der Waals surface area contributed by atoms with Crippen LogP contribution < -0.4 is 0 Å². The minimum atomic E-state index is -0.471. The van der Waals surface area contributed by atoms with Crippen LogP contribution in [0.15, 0.2) is 5.10 Å². The molecule has 3 nitrogen and oxygen atoms in total. The van der Waals surface area contributed by atoms with Crippen molar-refractivity contribution >= 4 is 6.72 Å². The normalized spacial score (nSPS) is 24.4. The highest BCUT2D eigenvalue weighted by Crippen LogP contribution is 2.20. The van der Waals surface area contributed by atoms with Gasteiger partial charge < -0.3 is 5.11 Å². The van der Waals surface area contributed by atoms with Gasteiger partial charge in [-0.3, -0.25) is 5.01 Å². The topological polar surface area (TPSA) is 35.8 Å². The van der Waals surface area contributed by atoms with Gasteiger partial charge in [-0.25, -0.2) is 0 Å². The molecule has 3 heteroatoms. The number of rotatable bonds is 1. The van der Waals surface area contributed by atoms with Crippen LogP contribution in [0, 0.1) is 0 Å². The molecule has 0 radical (unpaired) electrons. The monoisotopic (exact) mass is 142 g/mol. The zero-order valence-corrected chi connectivity index (χ0v) is 6.38. The number of hydrazone groups is 1. The lowest BCUT2D eigenvalue weighted by Crippen LogP contribution is -2.39. The molecule has 0 spiro atoms. The minimum absolute atomic E-state index is 0.471. The quantitative estimate of drug-likeness (QED) is 0.539. The Balaban J connectivity index is 2.38. The molecule has 0 atom stereocenters. The maximum atomic E-state index is 9.50. The SMILES string of the molecule is C=NN1CCC(C)(O)CC1. The van der Waals surface area contributed by atoms with Crippen molar-refractivity contribution in [2.75, 3.05) is 13.1 Å². The lowest BCUT2D eigenvalue weighted by Gasteiger charge is -2.33. The summed E-state index contributed by atoms with van der Waals surface area (Å²) in [6, 6.07) is 0. The van der Waals surface area contributed by atoms with Crippen molar-refractivity contribution < 1.29 is 5.11 Å². The lowest BCUT2D eigenvalue weighted by atomic mass is 9.95. The van der Waals surface area contributed by atoms with E-state index in [1.54, 1.807) is 0 Å². The summed E-state index contributed by atoms with van der Waals surface area (Å²) in [5.41, 5.74) is -0.471. The van der Waals surface area contributed by atoms with Crippen LogP contribution >= 0.6 is 0 Å². The highest BCUT2D eigenvalue weighted by Gasteiger charge is 2.26. The molecule has 0 aliphatic carbocycles. The van der Waals surface area contributed by atoms with Gasteiger partial charge in [0.15, 0.2) is 0 Å². The summed E-state index contributed by atoms with van der Waals surface area (Å²) in [4.78, 5) is 0. The van der Waals surface area contributed by atoms with E-state index in [1.807, 2.05) is 11.9 Å². The maximum absolute atomic E-state index is 9.50. The summed E-state index contributed by atoms with van der Waals surface area (Å²) in [6.07, 6.45) is 1.60. The Kier molecular flexibility index (Phi) is 1.94. The second kappa shape index (κ2) is 2.58. The molecular formula is C7H14N2O. The first-order chi connectivity index (χ1) is 4.64. The Morgan fingerprint density at radius 1 is 1.50 bits per heavy atom. The third-order valence-electron chi connectivity index (χ3n) is 2.02. The van der Waals surface area contributed by atoms with Gasteiger partial charge in [0.2, 0.25) is 0 Å². The van der Waals surface area contributed by atoms with Gasteiger partial charge in [0.25, 0.3) is 0 Å². The van der Waals surface area contributed by atoms with Gasteiger partial charge in [-0.15, -0.1) is 0 Å². The van der Waals surface area contributed by atoms with E-state index in [0.717, 1.165) is 25.9 Å². The molecule has 0 amide bonds. The van der Waals surface area contributed by atoms with E-state index in [2.05, 4.69) is 11.8 Å². The predicted molar refractivity (Wildman–Crippen MR) is 41.0 cm³/mol. The molecule has 1 heterocycles. The predicted octanol–water partition coefficient (Wildman–Crippen LogP) is 0.449. The zero-order chi connectivity index (χ0) is 7.61. The third kappa shape index (κ3) is 1.70. The van der Waals surface area contributed by atoms with Gasteiger partial charge in [0.05, 0.1) is 5.60 Å². The highest BCUT2D eigenvalue weighted by atomic mass is 16.3. The van der Waals surface area contributed by atoms with Crippen LogP contribution in [0.4, 0.5) is 0 Å². The summed E-state index contributed by atoms with van der Waals surface area (Å²) >= 11 is 0. The van der Waals surface area contributed by atoms with Gasteiger partial charge in [0.1, 0.15) is 0 Å². The van der Waals surface area contributed by atoms with E-state index in [4.69, 9.17) is 0 Å². The first kappa shape index (κ1) is 7.54. The fourth-order valence-corrected chi connectivity index (χ4v) is 1.12. The Morgan fingerprint density at radius 3 is 2.40 bits per heavy atom. The number of hydrogen-bond acceptors (Lipinski definition) is 3. The number of piperidine rings is 1. The molecule has 1 rings (SSSR count). The van der Waals surface area contributed by atoms with Crippen LogP contribution in [0.3, 0.4) is 0 Å². The Bertz CT molecular complexity index is 124. The first-order valence-electron chi connectivity index (χ1n) is 3.58. The van der Waals surface area contributed by atoms with Crippen molar-refractivity contribution in [3.63, 3.8) is 0 Å². The standard InChI is InChI=1S/C7H14N2O/c1-7(10)3-5-9(8-2)6-4-7/h10H,2-6H2,1H3. The van der Waals surface area contributed by atoms with Gasteiger partial charge in [0, 0.05) is 19.8 Å². The van der Waals surface area contributed by atoms with E-state index in [0.29, 0.717) is 0 Å². The molecule has 58 valence electrons. The molecule has 1 aliphatic rings. The smallest absolute Gasteiger partial charge is 0.0654 e. The average molecular weight is 142 g/mol. The van der Waals surface area contributed by atoms with Crippen molar-refractivity contribution in [3.05, 3.63) is 0 Å². The van der Waals surface area contributed by atoms with Gasteiger partial charge in [-0.2, -0.15) is 5.10 Å². The van der Waals surface area contributed by atoms with Crippen LogP contribution in [0.5, 0.6) is 0 Å². The summed E-state index contributed by atoms with van der Waals surface area (Å²) in [6.45, 7) is 6.95. The highest BCUT2D eigenvalue weighted by molar-refractivity contribution is 5.22. The third-order valence-corrected chi connectivity index (χ3v) is 2.02. The lowest BCUT2D eigenvalue weighted by molar-refractivity contribution is -0.00436. The van der Waals surface area contributed by atoms with E-state index in [-0.39, 0.29) is 0 Å². The van der Waals surface area contributed by atoms with Crippen LogP contribution in [0.2, 0.25) is 0 Å². The molecule has 1 fully saturated rings. The van der Waals surface area contributed by atoms with Crippen LogP contribution in [0.25, 0.3) is 0 Å². The molecule has 10 heavy (non-hydrogen) atoms. The van der Waals surface area contributed by atoms with E-state index < -0.39 is 5.60 Å². The molecule has 0 aromatic carbocycles. The first-order valence-corrected chi connectivity index (χ1v) is 3.58. The maximum Gasteiger partial charge on any atom is 0.0654 e. The van der Waals surface area contributed by atoms with E-state index in [1.165, 1.54) is 0 Å². The van der Waals surface area contributed by atoms with Crippen molar-refractivity contribution in [2.45, 2.75) is 25.4 Å². The molecular weight excluding hydrogens is 128 g/mol. The summed E-state index contributed by atoms with van der Waals surface area (Å²) < 4.78 is 0. The zero-order valence-electron chi connectivity index (χ0n) is 6.38. The van der Waals surface area contributed by atoms with Crippen molar-refractivity contribution in [3.8, 4) is 0 Å². The van der Waals surface area contributed by atoms with Gasteiger partial charge >= 0.3 is 0 Å². The molecule has 1 aliphatic heterocycles. The van der Waals surface area contributed by atoms with Crippen LogP contribution in [-0.2, 0) is 0 Å². The molecule has 1 saturated heterocycles. The van der Waals surface area contributed by atoms with E-state index >= 15 is 0 Å². The second-order valence-corrected chi connectivity index (χ2v) is 3.09. The summed E-state index contributed by atoms with van der Waals surface area (Å²) in [7, 11) is 0. The fourth-order valence-electron chi connectivity index (χ4n) is 1.12. The summed E-state index contributed by atoms with van der Waals surface area (Å²) in [5, 5.41) is 15.2. The molecule has 0 aromatic rings. The number of aliphatic hydroxyl groups is 1. The Hall–Kier alpha value is -0.570. The van der Waals surface area contributed by atoms with Crippen molar-refractivity contribution in [1.82, 2.24) is 5.01 Å². The largest absolute Gasteiger partial charge is 0.390 e. The Labute approximate surface area is 61.3 Å². The van der Waals surface area contributed by atoms with Gasteiger partial charge in [-0.1, -0.05) is 0 Å². The molecule has 0 bridgehead atoms. The Morgan fingerprint density at radius 2 is 2.00 bits per heavy atom. The van der Waals surface area contributed by atoms with Crippen LogP contribution in [-0.4, -0.2) is 35.5 Å². The fraction of sp³-hybridized carbons (Fsp3) is 0.857. The van der Waals surface area contributed by atoms with Gasteiger partial charge in [-0.05, 0) is 19.8 Å². The number of hydrogen-bond donors (Lipinski definition) is 1. The average Bonchev–Trinajstić information content (AvgIpc) is 1.88. The molecule has 1 N–H and O–H groups in total. The van der Waals surface area contributed by atoms with Crippen molar-refractivity contribution in [1.29, 1.82) is 0 Å². The molecule has 0 saturated carbocycles. The summed E-state index contributed by atoms with van der Waals surface area (Å²) in [5.74, 6) is 0. The molecule has 0 aromatic heterocycles.